The number of amides is 1. The lowest BCUT2D eigenvalue weighted by atomic mass is 9.90. The van der Waals surface area contributed by atoms with Crippen LogP contribution in [0.15, 0.2) is 18.2 Å². The standard InChI is InChI=1S/C19H26N2O3/c1-4-8-20(5-2)18-9-14(6-7-17(18)13(3)22)19(23)21-15-10-16(21)12-24-11-15/h6-7,9,15-16H,4-5,8,10-12H2,1-3H3. The number of carbonyl (C=O) groups excluding carboxylic acids is 2. The van der Waals surface area contributed by atoms with Gasteiger partial charge in [0.2, 0.25) is 0 Å². The van der Waals surface area contributed by atoms with Crippen molar-refractivity contribution < 1.29 is 14.3 Å². The van der Waals surface area contributed by atoms with E-state index in [1.807, 2.05) is 11.0 Å². The summed E-state index contributed by atoms with van der Waals surface area (Å²) in [6.07, 6.45) is 2.04. The van der Waals surface area contributed by atoms with Crippen molar-refractivity contribution in [1.29, 1.82) is 0 Å². The first-order chi connectivity index (χ1) is 11.6. The second-order valence-corrected chi connectivity index (χ2v) is 6.66. The Kier molecular flexibility index (Phi) is 4.90. The van der Waals surface area contributed by atoms with Crippen LogP contribution in [0.5, 0.6) is 0 Å². The second kappa shape index (κ2) is 6.93. The summed E-state index contributed by atoms with van der Waals surface area (Å²) in [5.41, 5.74) is 2.23. The molecule has 2 atom stereocenters. The number of benzene rings is 1. The van der Waals surface area contributed by atoms with E-state index in [1.54, 1.807) is 19.1 Å². The fourth-order valence-corrected chi connectivity index (χ4v) is 3.76. The minimum Gasteiger partial charge on any atom is -0.377 e. The van der Waals surface area contributed by atoms with E-state index in [2.05, 4.69) is 18.7 Å². The number of morpholine rings is 1. The molecule has 0 spiro atoms. The molecule has 0 saturated carbocycles. The Morgan fingerprint density at radius 3 is 2.50 bits per heavy atom. The summed E-state index contributed by atoms with van der Waals surface area (Å²) in [6, 6.07) is 5.91. The van der Waals surface area contributed by atoms with Crippen molar-refractivity contribution in [3.05, 3.63) is 29.3 Å². The molecule has 5 heteroatoms. The molecule has 0 N–H and O–H groups in total. The Bertz CT molecular complexity index is 629. The minimum atomic E-state index is 0.0350. The van der Waals surface area contributed by atoms with E-state index in [0.29, 0.717) is 24.3 Å². The van der Waals surface area contributed by atoms with Gasteiger partial charge in [-0.1, -0.05) is 6.92 Å². The highest BCUT2D eigenvalue weighted by atomic mass is 16.5. The molecule has 2 saturated heterocycles. The average Bonchev–Trinajstić information content (AvgIpc) is 2.59. The Morgan fingerprint density at radius 1 is 1.25 bits per heavy atom. The van der Waals surface area contributed by atoms with Crippen LogP contribution in [0.3, 0.4) is 0 Å². The maximum Gasteiger partial charge on any atom is 0.254 e. The molecule has 0 aliphatic carbocycles. The number of Topliss-reactive ketones (excluding diaryl/α,β-unsaturated/α-hetero) is 1. The van der Waals surface area contributed by atoms with Gasteiger partial charge >= 0.3 is 0 Å². The van der Waals surface area contributed by atoms with Gasteiger partial charge < -0.3 is 14.5 Å². The van der Waals surface area contributed by atoms with Crippen molar-refractivity contribution in [2.24, 2.45) is 0 Å². The highest BCUT2D eigenvalue weighted by Crippen LogP contribution is 2.33. The summed E-state index contributed by atoms with van der Waals surface area (Å²) >= 11 is 0. The highest BCUT2D eigenvalue weighted by molar-refractivity contribution is 6.03. The fourth-order valence-electron chi connectivity index (χ4n) is 3.76. The zero-order valence-corrected chi connectivity index (χ0v) is 14.7. The molecule has 2 aliphatic rings. The van der Waals surface area contributed by atoms with Gasteiger partial charge in [-0.25, -0.2) is 0 Å². The number of hydrogen-bond donors (Lipinski definition) is 0. The molecule has 1 aromatic rings. The number of ketones is 1. The van der Waals surface area contributed by atoms with Crippen molar-refractivity contribution >= 4 is 17.4 Å². The average molecular weight is 330 g/mol. The predicted molar refractivity (Wildman–Crippen MR) is 93.8 cm³/mol. The first kappa shape index (κ1) is 17.0. The van der Waals surface area contributed by atoms with Crippen LogP contribution in [-0.4, -0.2) is 55.0 Å². The van der Waals surface area contributed by atoms with Gasteiger partial charge in [0.1, 0.15) is 0 Å². The van der Waals surface area contributed by atoms with Crippen molar-refractivity contribution in [1.82, 2.24) is 4.90 Å². The van der Waals surface area contributed by atoms with Crippen LogP contribution < -0.4 is 4.90 Å². The quantitative estimate of drug-likeness (QED) is 0.753. The van der Waals surface area contributed by atoms with Gasteiger partial charge in [-0.3, -0.25) is 9.59 Å². The number of ether oxygens (including phenoxy) is 1. The Hall–Kier alpha value is -1.88. The molecule has 2 aliphatic heterocycles. The molecule has 5 nitrogen and oxygen atoms in total. The fraction of sp³-hybridized carbons (Fsp3) is 0.579. The molecule has 0 radical (unpaired) electrons. The topological polar surface area (TPSA) is 49.9 Å². The third kappa shape index (κ3) is 2.93. The van der Waals surface area contributed by atoms with Gasteiger partial charge in [0.05, 0.1) is 25.3 Å². The maximum absolute atomic E-state index is 12.9. The summed E-state index contributed by atoms with van der Waals surface area (Å²) in [5, 5.41) is 0. The molecule has 2 heterocycles. The summed E-state index contributed by atoms with van der Waals surface area (Å²) < 4.78 is 5.46. The first-order valence-corrected chi connectivity index (χ1v) is 8.87. The Balaban J connectivity index is 1.91. The van der Waals surface area contributed by atoms with Gasteiger partial charge in [-0.15, -0.1) is 0 Å². The van der Waals surface area contributed by atoms with Crippen molar-refractivity contribution in [2.45, 2.75) is 45.7 Å². The lowest BCUT2D eigenvalue weighted by Gasteiger charge is -2.52. The molecule has 24 heavy (non-hydrogen) atoms. The zero-order valence-electron chi connectivity index (χ0n) is 14.7. The van der Waals surface area contributed by atoms with Crippen LogP contribution in [0.4, 0.5) is 5.69 Å². The largest absolute Gasteiger partial charge is 0.377 e. The lowest BCUT2D eigenvalue weighted by Crippen LogP contribution is -2.65. The summed E-state index contributed by atoms with van der Waals surface area (Å²) in [7, 11) is 0. The van der Waals surface area contributed by atoms with Crippen molar-refractivity contribution in [3.63, 3.8) is 0 Å². The molecule has 130 valence electrons. The van der Waals surface area contributed by atoms with Crippen LogP contribution in [-0.2, 0) is 4.74 Å². The minimum absolute atomic E-state index is 0.0350. The monoisotopic (exact) mass is 330 g/mol. The molecular formula is C19H26N2O3. The van der Waals surface area contributed by atoms with Crippen molar-refractivity contribution in [3.8, 4) is 0 Å². The van der Waals surface area contributed by atoms with E-state index in [0.717, 1.165) is 31.6 Å². The second-order valence-electron chi connectivity index (χ2n) is 6.66. The summed E-state index contributed by atoms with van der Waals surface area (Å²) in [4.78, 5) is 29.0. The predicted octanol–water partition coefficient (Wildman–Crippen LogP) is 2.74. The third-order valence-electron chi connectivity index (χ3n) is 5.03. The molecule has 2 bridgehead atoms. The van der Waals surface area contributed by atoms with Crippen molar-refractivity contribution in [2.75, 3.05) is 31.2 Å². The zero-order chi connectivity index (χ0) is 17.3. The molecule has 0 aromatic heterocycles. The van der Waals surface area contributed by atoms with E-state index in [-0.39, 0.29) is 23.8 Å². The molecule has 2 fully saturated rings. The Labute approximate surface area is 143 Å². The van der Waals surface area contributed by atoms with E-state index >= 15 is 0 Å². The number of rotatable bonds is 6. The number of nitrogens with zero attached hydrogens (tertiary/aromatic N) is 2. The van der Waals surface area contributed by atoms with Crippen LogP contribution >= 0.6 is 0 Å². The normalized spacial score (nSPS) is 22.0. The summed E-state index contributed by atoms with van der Waals surface area (Å²) in [6.45, 7) is 8.73. The molecule has 1 amide bonds. The lowest BCUT2D eigenvalue weighted by molar-refractivity contribution is -0.104. The number of carbonyl (C=O) groups is 2. The summed E-state index contributed by atoms with van der Waals surface area (Å²) in [5.74, 6) is 0.0937. The van der Waals surface area contributed by atoms with E-state index < -0.39 is 0 Å². The molecule has 3 rings (SSSR count). The smallest absolute Gasteiger partial charge is 0.254 e. The highest BCUT2D eigenvalue weighted by Gasteiger charge is 2.45. The van der Waals surface area contributed by atoms with E-state index in [9.17, 15) is 9.59 Å². The van der Waals surface area contributed by atoms with Gasteiger partial charge in [0.15, 0.2) is 5.78 Å². The number of hydrogen-bond acceptors (Lipinski definition) is 4. The van der Waals surface area contributed by atoms with Crippen LogP contribution in [0.1, 0.15) is 54.3 Å². The van der Waals surface area contributed by atoms with E-state index in [4.69, 9.17) is 4.74 Å². The molecule has 2 unspecified atom stereocenters. The number of fused-ring (bicyclic) bond motifs is 2. The Morgan fingerprint density at radius 2 is 1.96 bits per heavy atom. The van der Waals surface area contributed by atoms with Crippen LogP contribution in [0.25, 0.3) is 0 Å². The molecule has 1 aromatic carbocycles. The van der Waals surface area contributed by atoms with Gasteiger partial charge in [0.25, 0.3) is 5.91 Å². The van der Waals surface area contributed by atoms with Gasteiger partial charge in [-0.2, -0.15) is 0 Å². The van der Waals surface area contributed by atoms with Gasteiger partial charge in [0, 0.05) is 29.9 Å². The maximum atomic E-state index is 12.9. The van der Waals surface area contributed by atoms with Gasteiger partial charge in [-0.05, 0) is 44.9 Å². The van der Waals surface area contributed by atoms with Crippen LogP contribution in [0.2, 0.25) is 0 Å². The first-order valence-electron chi connectivity index (χ1n) is 8.87. The third-order valence-corrected chi connectivity index (χ3v) is 5.03. The van der Waals surface area contributed by atoms with Crippen LogP contribution in [0, 0.1) is 0 Å². The number of anilines is 1. The SMILES string of the molecule is CCCN(CC)c1cc(C(=O)N2C3COCC2C3)ccc1C(C)=O. The molecular weight excluding hydrogens is 304 g/mol. The van der Waals surface area contributed by atoms with E-state index in [1.165, 1.54) is 0 Å².